The predicted octanol–water partition coefficient (Wildman–Crippen LogP) is 1.14. The molecule has 2 fully saturated rings. The normalized spacial score (nSPS) is 27.1. The number of aliphatic hydroxyl groups is 1. The minimum Gasteiger partial charge on any atom is -0.392 e. The first-order valence-corrected chi connectivity index (χ1v) is 7.41. The van der Waals surface area contributed by atoms with Crippen LogP contribution in [-0.2, 0) is 4.79 Å². The number of rotatable bonds is 4. The Morgan fingerprint density at radius 2 is 1.94 bits per heavy atom. The van der Waals surface area contributed by atoms with E-state index < -0.39 is 0 Å². The molecule has 1 amide bonds. The Balaban J connectivity index is 1.62. The van der Waals surface area contributed by atoms with Gasteiger partial charge in [0.05, 0.1) is 12.6 Å². The summed E-state index contributed by atoms with van der Waals surface area (Å²) in [6.07, 6.45) is 8.15. The van der Waals surface area contributed by atoms with Crippen molar-refractivity contribution in [3.8, 4) is 0 Å². The van der Waals surface area contributed by atoms with Gasteiger partial charge in [0, 0.05) is 13.1 Å². The molecular formula is C14H26N2O2. The lowest BCUT2D eigenvalue weighted by Gasteiger charge is -2.29. The van der Waals surface area contributed by atoms with Gasteiger partial charge in [-0.25, -0.2) is 0 Å². The van der Waals surface area contributed by atoms with E-state index in [-0.39, 0.29) is 12.0 Å². The second-order valence-electron chi connectivity index (χ2n) is 5.84. The summed E-state index contributed by atoms with van der Waals surface area (Å²) in [6.45, 7) is 2.88. The Labute approximate surface area is 110 Å². The van der Waals surface area contributed by atoms with E-state index in [0.29, 0.717) is 19.0 Å². The van der Waals surface area contributed by atoms with Gasteiger partial charge in [0.15, 0.2) is 0 Å². The van der Waals surface area contributed by atoms with Crippen molar-refractivity contribution in [2.75, 3.05) is 26.2 Å². The van der Waals surface area contributed by atoms with E-state index in [1.165, 1.54) is 32.1 Å². The summed E-state index contributed by atoms with van der Waals surface area (Å²) in [6, 6.07) is 0. The Kier molecular flexibility index (Phi) is 5.45. The van der Waals surface area contributed by atoms with Crippen LogP contribution in [-0.4, -0.2) is 48.2 Å². The molecule has 4 nitrogen and oxygen atoms in total. The van der Waals surface area contributed by atoms with Crippen LogP contribution in [0.2, 0.25) is 0 Å². The molecule has 1 saturated heterocycles. The third-order valence-electron chi connectivity index (χ3n) is 4.16. The third kappa shape index (κ3) is 4.58. The number of nitrogens with zero attached hydrogens (tertiary/aromatic N) is 1. The van der Waals surface area contributed by atoms with Gasteiger partial charge in [-0.3, -0.25) is 9.69 Å². The van der Waals surface area contributed by atoms with Gasteiger partial charge in [-0.05, 0) is 38.1 Å². The zero-order valence-electron chi connectivity index (χ0n) is 11.2. The first-order valence-electron chi connectivity index (χ1n) is 7.41. The van der Waals surface area contributed by atoms with Gasteiger partial charge in [0.1, 0.15) is 0 Å². The van der Waals surface area contributed by atoms with E-state index in [2.05, 4.69) is 10.2 Å². The van der Waals surface area contributed by atoms with Gasteiger partial charge in [0.2, 0.25) is 5.91 Å². The molecule has 1 aliphatic carbocycles. The molecule has 1 atom stereocenters. The second kappa shape index (κ2) is 7.10. The number of likely N-dealkylation sites (tertiary alicyclic amines) is 1. The molecule has 4 heteroatoms. The van der Waals surface area contributed by atoms with Crippen LogP contribution in [0.4, 0.5) is 0 Å². The van der Waals surface area contributed by atoms with E-state index in [4.69, 9.17) is 0 Å². The fraction of sp³-hybridized carbons (Fsp3) is 0.929. The van der Waals surface area contributed by atoms with Crippen molar-refractivity contribution in [3.05, 3.63) is 0 Å². The molecule has 0 aromatic rings. The molecule has 0 bridgehead atoms. The van der Waals surface area contributed by atoms with Crippen LogP contribution in [0.1, 0.15) is 44.9 Å². The predicted molar refractivity (Wildman–Crippen MR) is 71.3 cm³/mol. The van der Waals surface area contributed by atoms with Crippen LogP contribution in [0.3, 0.4) is 0 Å². The monoisotopic (exact) mass is 254 g/mol. The Bertz CT molecular complexity index is 265. The highest BCUT2D eigenvalue weighted by Gasteiger charge is 2.20. The van der Waals surface area contributed by atoms with Crippen molar-refractivity contribution in [2.45, 2.75) is 51.0 Å². The van der Waals surface area contributed by atoms with E-state index in [1.807, 2.05) is 0 Å². The number of aliphatic hydroxyl groups excluding tert-OH is 1. The number of amides is 1. The molecule has 1 heterocycles. The largest absolute Gasteiger partial charge is 0.392 e. The van der Waals surface area contributed by atoms with Crippen molar-refractivity contribution in [1.29, 1.82) is 0 Å². The highest BCUT2D eigenvalue weighted by Crippen LogP contribution is 2.22. The average Bonchev–Trinajstić information content (AvgIpc) is 2.38. The Morgan fingerprint density at radius 3 is 2.67 bits per heavy atom. The van der Waals surface area contributed by atoms with E-state index >= 15 is 0 Å². The maximum absolute atomic E-state index is 11.8. The lowest BCUT2D eigenvalue weighted by molar-refractivity contribution is -0.123. The van der Waals surface area contributed by atoms with Crippen molar-refractivity contribution >= 4 is 5.91 Å². The van der Waals surface area contributed by atoms with Crippen molar-refractivity contribution < 1.29 is 9.90 Å². The van der Waals surface area contributed by atoms with E-state index in [0.717, 1.165) is 25.9 Å². The molecule has 0 aromatic carbocycles. The van der Waals surface area contributed by atoms with Gasteiger partial charge < -0.3 is 10.4 Å². The summed E-state index contributed by atoms with van der Waals surface area (Å²) in [5.74, 6) is 0.810. The molecule has 2 rings (SSSR count). The van der Waals surface area contributed by atoms with Gasteiger partial charge in [0.25, 0.3) is 0 Å². The van der Waals surface area contributed by atoms with Crippen LogP contribution in [0.5, 0.6) is 0 Å². The lowest BCUT2D eigenvalue weighted by Crippen LogP contribution is -2.45. The third-order valence-corrected chi connectivity index (χ3v) is 4.16. The molecular weight excluding hydrogens is 228 g/mol. The first-order chi connectivity index (χ1) is 8.74. The summed E-state index contributed by atoms with van der Waals surface area (Å²) >= 11 is 0. The summed E-state index contributed by atoms with van der Waals surface area (Å²) in [5.41, 5.74) is 0. The van der Waals surface area contributed by atoms with Crippen molar-refractivity contribution in [1.82, 2.24) is 10.2 Å². The summed E-state index contributed by atoms with van der Waals surface area (Å²) < 4.78 is 0. The van der Waals surface area contributed by atoms with Gasteiger partial charge in [-0.2, -0.15) is 0 Å². The number of nitrogens with one attached hydrogen (secondary N) is 1. The Morgan fingerprint density at radius 1 is 1.17 bits per heavy atom. The quantitative estimate of drug-likeness (QED) is 0.791. The van der Waals surface area contributed by atoms with E-state index in [1.54, 1.807) is 0 Å². The average molecular weight is 254 g/mol. The van der Waals surface area contributed by atoms with Crippen LogP contribution in [0.25, 0.3) is 0 Å². The van der Waals surface area contributed by atoms with Crippen LogP contribution < -0.4 is 5.32 Å². The lowest BCUT2D eigenvalue weighted by atomic mass is 9.89. The maximum atomic E-state index is 11.8. The SMILES string of the molecule is O=C(CN1CCCC(O)C1)NCC1CCCCC1. The highest BCUT2D eigenvalue weighted by atomic mass is 16.3. The molecule has 0 spiro atoms. The van der Waals surface area contributed by atoms with Gasteiger partial charge in [-0.1, -0.05) is 19.3 Å². The number of carbonyl (C=O) groups is 1. The Hall–Kier alpha value is -0.610. The number of piperidine rings is 1. The fourth-order valence-corrected chi connectivity index (χ4v) is 3.08. The number of hydrogen-bond donors (Lipinski definition) is 2. The molecule has 1 saturated carbocycles. The highest BCUT2D eigenvalue weighted by molar-refractivity contribution is 5.78. The number of β-amino-alcohol motifs (C(OH)–C–C–N with tert-alkyl or cyclic N) is 1. The summed E-state index contributed by atoms with van der Waals surface area (Å²) in [5, 5.41) is 12.6. The number of hydrogen-bond acceptors (Lipinski definition) is 3. The van der Waals surface area contributed by atoms with Gasteiger partial charge >= 0.3 is 0 Å². The standard InChI is InChI=1S/C14H26N2O2/c17-13-7-4-8-16(10-13)11-14(18)15-9-12-5-2-1-3-6-12/h12-13,17H,1-11H2,(H,15,18). The minimum atomic E-state index is -0.245. The molecule has 104 valence electrons. The first kappa shape index (κ1) is 13.8. The zero-order chi connectivity index (χ0) is 12.8. The molecule has 1 unspecified atom stereocenters. The van der Waals surface area contributed by atoms with Crippen molar-refractivity contribution in [3.63, 3.8) is 0 Å². The minimum absolute atomic E-state index is 0.120. The maximum Gasteiger partial charge on any atom is 0.234 e. The van der Waals surface area contributed by atoms with Crippen LogP contribution >= 0.6 is 0 Å². The number of carbonyl (C=O) groups excluding carboxylic acids is 1. The molecule has 1 aliphatic heterocycles. The molecule has 2 N–H and O–H groups in total. The topological polar surface area (TPSA) is 52.6 Å². The smallest absolute Gasteiger partial charge is 0.234 e. The summed E-state index contributed by atoms with van der Waals surface area (Å²) in [4.78, 5) is 13.9. The van der Waals surface area contributed by atoms with Crippen molar-refractivity contribution in [2.24, 2.45) is 5.92 Å². The van der Waals surface area contributed by atoms with Crippen LogP contribution in [0.15, 0.2) is 0 Å². The van der Waals surface area contributed by atoms with Gasteiger partial charge in [-0.15, -0.1) is 0 Å². The molecule has 0 aromatic heterocycles. The molecule has 0 radical (unpaired) electrons. The fourth-order valence-electron chi connectivity index (χ4n) is 3.08. The second-order valence-corrected chi connectivity index (χ2v) is 5.84. The van der Waals surface area contributed by atoms with E-state index in [9.17, 15) is 9.90 Å². The van der Waals surface area contributed by atoms with Crippen LogP contribution in [0, 0.1) is 5.92 Å². The molecule has 18 heavy (non-hydrogen) atoms. The molecule has 2 aliphatic rings. The summed E-state index contributed by atoms with van der Waals surface area (Å²) in [7, 11) is 0. The zero-order valence-corrected chi connectivity index (χ0v) is 11.2.